The van der Waals surface area contributed by atoms with Crippen LogP contribution < -0.4 is 0 Å². The summed E-state index contributed by atoms with van der Waals surface area (Å²) in [5, 5.41) is 6.80. The van der Waals surface area contributed by atoms with Crippen molar-refractivity contribution >= 4 is 65.7 Å². The van der Waals surface area contributed by atoms with Crippen molar-refractivity contribution in [3.8, 4) is 34.0 Å². The van der Waals surface area contributed by atoms with Crippen molar-refractivity contribution in [2.75, 3.05) is 0 Å². The van der Waals surface area contributed by atoms with Gasteiger partial charge in [-0.25, -0.2) is 4.98 Å². The smallest absolute Gasteiger partial charge is 0.231 e. The molecule has 5 nitrogen and oxygen atoms in total. The highest BCUT2D eigenvalue weighted by Gasteiger charge is 2.22. The fourth-order valence-corrected chi connectivity index (χ4v) is 7.97. The summed E-state index contributed by atoms with van der Waals surface area (Å²) in [7, 11) is 0. The Kier molecular flexibility index (Phi) is 5.89. The van der Waals surface area contributed by atoms with Gasteiger partial charge in [0.15, 0.2) is 5.82 Å². The molecule has 0 N–H and O–H groups in total. The molecule has 0 bridgehead atoms. The maximum atomic E-state index is 6.36. The molecular formula is C46H28N4O. The fourth-order valence-electron chi connectivity index (χ4n) is 7.97. The van der Waals surface area contributed by atoms with E-state index in [9.17, 15) is 0 Å². The quantitative estimate of drug-likeness (QED) is 0.190. The number of benzene rings is 7. The van der Waals surface area contributed by atoms with E-state index in [0.29, 0.717) is 11.5 Å². The fraction of sp³-hybridized carbons (Fsp3) is 0. The molecule has 11 rings (SSSR count). The van der Waals surface area contributed by atoms with Crippen LogP contribution in [-0.2, 0) is 0 Å². The molecule has 0 amide bonds. The van der Waals surface area contributed by atoms with Crippen molar-refractivity contribution in [2.45, 2.75) is 0 Å². The Labute approximate surface area is 292 Å². The summed E-state index contributed by atoms with van der Waals surface area (Å²) in [4.78, 5) is 10.2. The minimum absolute atomic E-state index is 0.581. The second kappa shape index (κ2) is 10.8. The Morgan fingerprint density at radius 2 is 1.06 bits per heavy atom. The molecule has 51 heavy (non-hydrogen) atoms. The van der Waals surface area contributed by atoms with Crippen molar-refractivity contribution in [2.24, 2.45) is 0 Å². The Morgan fingerprint density at radius 3 is 1.88 bits per heavy atom. The minimum atomic E-state index is 0.581. The summed E-state index contributed by atoms with van der Waals surface area (Å²) in [6, 6.07) is 59.7. The molecule has 0 saturated carbocycles. The van der Waals surface area contributed by atoms with E-state index in [1.165, 1.54) is 38.1 Å². The number of para-hydroxylation sites is 4. The van der Waals surface area contributed by atoms with Crippen molar-refractivity contribution in [3.05, 3.63) is 170 Å². The van der Waals surface area contributed by atoms with E-state index in [1.807, 2.05) is 48.5 Å². The highest BCUT2D eigenvalue weighted by Crippen LogP contribution is 2.43. The van der Waals surface area contributed by atoms with Crippen LogP contribution in [0.3, 0.4) is 0 Å². The normalized spacial score (nSPS) is 11.9. The monoisotopic (exact) mass is 652 g/mol. The van der Waals surface area contributed by atoms with Crippen LogP contribution in [-0.4, -0.2) is 19.1 Å². The van der Waals surface area contributed by atoms with Gasteiger partial charge >= 0.3 is 0 Å². The maximum Gasteiger partial charge on any atom is 0.231 e. The van der Waals surface area contributed by atoms with Gasteiger partial charge in [0, 0.05) is 49.4 Å². The standard InChI is InChI=1S/C46H28N4O/c1-3-14-29(15-4-1)45-47-43(42-36-22-9-12-25-40(36)51-46(42)48-45)30-16-13-19-32(28-30)50-37-23-10-7-20-33(37)34-26-27-39-41(44(34)50)35-21-8-11-24-38(35)49(39)31-17-5-2-6-18-31/h1-28H. The van der Waals surface area contributed by atoms with Gasteiger partial charge in [0.2, 0.25) is 5.71 Å². The molecule has 0 spiro atoms. The summed E-state index contributed by atoms with van der Waals surface area (Å²) in [5.74, 6) is 0.634. The number of hydrogen-bond donors (Lipinski definition) is 0. The third-order valence-electron chi connectivity index (χ3n) is 10.1. The Hall–Kier alpha value is -6.98. The summed E-state index contributed by atoms with van der Waals surface area (Å²) in [6.07, 6.45) is 0. The summed E-state index contributed by atoms with van der Waals surface area (Å²) >= 11 is 0. The molecule has 5 heteroatoms. The van der Waals surface area contributed by atoms with Crippen LogP contribution in [0.15, 0.2) is 174 Å². The highest BCUT2D eigenvalue weighted by molar-refractivity contribution is 6.26. The van der Waals surface area contributed by atoms with E-state index in [-0.39, 0.29) is 0 Å². The lowest BCUT2D eigenvalue weighted by Gasteiger charge is -2.12. The third kappa shape index (κ3) is 4.09. The van der Waals surface area contributed by atoms with Gasteiger partial charge in [0.25, 0.3) is 0 Å². The first kappa shape index (κ1) is 27.9. The van der Waals surface area contributed by atoms with Gasteiger partial charge in [0.1, 0.15) is 5.58 Å². The number of hydrogen-bond acceptors (Lipinski definition) is 3. The first-order valence-corrected chi connectivity index (χ1v) is 17.2. The van der Waals surface area contributed by atoms with Crippen molar-refractivity contribution in [1.29, 1.82) is 0 Å². The lowest BCUT2D eigenvalue weighted by atomic mass is 10.0. The largest absolute Gasteiger partial charge is 0.438 e. The zero-order valence-corrected chi connectivity index (χ0v) is 27.4. The second-order valence-electron chi connectivity index (χ2n) is 13.0. The Balaban J connectivity index is 1.24. The zero-order chi connectivity index (χ0) is 33.5. The third-order valence-corrected chi connectivity index (χ3v) is 10.1. The molecule has 0 aliphatic heterocycles. The topological polar surface area (TPSA) is 48.8 Å². The predicted octanol–water partition coefficient (Wildman–Crippen LogP) is 11.9. The molecule has 0 fully saturated rings. The van der Waals surface area contributed by atoms with Crippen LogP contribution in [0, 0.1) is 0 Å². The maximum absolute atomic E-state index is 6.36. The zero-order valence-electron chi connectivity index (χ0n) is 27.4. The van der Waals surface area contributed by atoms with E-state index < -0.39 is 0 Å². The van der Waals surface area contributed by atoms with E-state index in [4.69, 9.17) is 14.4 Å². The van der Waals surface area contributed by atoms with Gasteiger partial charge < -0.3 is 13.6 Å². The summed E-state index contributed by atoms with van der Waals surface area (Å²) < 4.78 is 11.2. The number of furan rings is 1. The van der Waals surface area contributed by atoms with Gasteiger partial charge in [-0.3, -0.25) is 0 Å². The van der Waals surface area contributed by atoms with Gasteiger partial charge in [-0.2, -0.15) is 4.98 Å². The lowest BCUT2D eigenvalue weighted by molar-refractivity contribution is 0.653. The van der Waals surface area contributed by atoms with E-state index in [0.717, 1.165) is 50.1 Å². The molecule has 4 heterocycles. The van der Waals surface area contributed by atoms with Crippen LogP contribution in [0.4, 0.5) is 0 Å². The Bertz CT molecular complexity index is 3130. The van der Waals surface area contributed by atoms with E-state index in [2.05, 4.69) is 130 Å². The molecule has 238 valence electrons. The SMILES string of the molecule is c1ccc(-c2nc(-c3cccc(-n4c5ccccc5c5ccc6c(c7ccccc7n6-c6ccccc6)c54)c3)c3c(n2)oc2ccccc23)cc1. The van der Waals surface area contributed by atoms with Crippen LogP contribution >= 0.6 is 0 Å². The first-order valence-electron chi connectivity index (χ1n) is 17.2. The number of fused-ring (bicyclic) bond motifs is 10. The van der Waals surface area contributed by atoms with Crippen molar-refractivity contribution in [1.82, 2.24) is 19.1 Å². The molecule has 0 radical (unpaired) electrons. The molecule has 0 atom stereocenters. The molecule has 4 aromatic heterocycles. The van der Waals surface area contributed by atoms with Crippen LogP contribution in [0.2, 0.25) is 0 Å². The van der Waals surface area contributed by atoms with Crippen LogP contribution in [0.1, 0.15) is 0 Å². The van der Waals surface area contributed by atoms with Gasteiger partial charge in [-0.15, -0.1) is 0 Å². The second-order valence-corrected chi connectivity index (χ2v) is 13.0. The molecule has 0 saturated heterocycles. The predicted molar refractivity (Wildman–Crippen MR) is 209 cm³/mol. The van der Waals surface area contributed by atoms with Gasteiger partial charge in [0.05, 0.1) is 33.1 Å². The van der Waals surface area contributed by atoms with Crippen LogP contribution in [0.5, 0.6) is 0 Å². The first-order chi connectivity index (χ1) is 25.3. The molecule has 11 aromatic rings. The molecule has 0 aliphatic rings. The van der Waals surface area contributed by atoms with Gasteiger partial charge in [-0.05, 0) is 48.5 Å². The number of aromatic nitrogens is 4. The molecule has 0 aliphatic carbocycles. The lowest BCUT2D eigenvalue weighted by Crippen LogP contribution is -1.97. The molecular weight excluding hydrogens is 625 g/mol. The number of rotatable bonds is 4. The van der Waals surface area contributed by atoms with Gasteiger partial charge in [-0.1, -0.05) is 121 Å². The average molecular weight is 653 g/mol. The van der Waals surface area contributed by atoms with E-state index in [1.54, 1.807) is 0 Å². The molecule has 0 unspecified atom stereocenters. The summed E-state index contributed by atoms with van der Waals surface area (Å²) in [5.41, 5.74) is 11.0. The van der Waals surface area contributed by atoms with Crippen molar-refractivity contribution < 1.29 is 4.42 Å². The van der Waals surface area contributed by atoms with Crippen LogP contribution in [0.25, 0.3) is 99.7 Å². The highest BCUT2D eigenvalue weighted by atomic mass is 16.3. The average Bonchev–Trinajstić information content (AvgIpc) is 3.86. The Morgan fingerprint density at radius 1 is 0.412 bits per heavy atom. The summed E-state index contributed by atoms with van der Waals surface area (Å²) in [6.45, 7) is 0. The van der Waals surface area contributed by atoms with E-state index >= 15 is 0 Å². The minimum Gasteiger partial charge on any atom is -0.438 e. The number of nitrogens with zero attached hydrogens (tertiary/aromatic N) is 4. The molecule has 7 aromatic carbocycles. The van der Waals surface area contributed by atoms with Crippen molar-refractivity contribution in [3.63, 3.8) is 0 Å².